The molecule has 1 aliphatic rings. The van der Waals surface area contributed by atoms with Gasteiger partial charge < -0.3 is 20.6 Å². The predicted molar refractivity (Wildman–Crippen MR) is 90.4 cm³/mol. The zero-order valence-corrected chi connectivity index (χ0v) is 13.9. The normalized spacial score (nSPS) is 18.6. The fourth-order valence-electron chi connectivity index (χ4n) is 2.69. The molecule has 1 unspecified atom stereocenters. The zero-order valence-electron chi connectivity index (χ0n) is 13.1. The molecule has 22 heavy (non-hydrogen) atoms. The van der Waals surface area contributed by atoms with E-state index in [-0.39, 0.29) is 11.8 Å². The van der Waals surface area contributed by atoms with E-state index in [9.17, 15) is 9.90 Å². The molecule has 3 N–H and O–H groups in total. The molecule has 1 amide bonds. The number of carbonyl (C=O) groups is 1. The van der Waals surface area contributed by atoms with Crippen LogP contribution in [0.1, 0.15) is 26.7 Å². The van der Waals surface area contributed by atoms with Gasteiger partial charge in [-0.3, -0.25) is 4.79 Å². The van der Waals surface area contributed by atoms with Gasteiger partial charge in [0.25, 0.3) is 0 Å². The fraction of sp³-hybridized carbons (Fsp3) is 0.562. The average Bonchev–Trinajstić information content (AvgIpc) is 2.50. The number of carbonyl (C=O) groups excluding carboxylic acids is 1. The van der Waals surface area contributed by atoms with Crippen LogP contribution in [0.25, 0.3) is 0 Å². The van der Waals surface area contributed by atoms with Crippen LogP contribution in [0, 0.1) is 5.92 Å². The summed E-state index contributed by atoms with van der Waals surface area (Å²) in [4.78, 5) is 14.0. The number of amides is 1. The van der Waals surface area contributed by atoms with Crippen LogP contribution < -0.4 is 15.5 Å². The van der Waals surface area contributed by atoms with E-state index in [2.05, 4.69) is 10.6 Å². The van der Waals surface area contributed by atoms with Gasteiger partial charge >= 0.3 is 0 Å². The molecule has 0 saturated carbocycles. The van der Waals surface area contributed by atoms with Crippen molar-refractivity contribution in [2.75, 3.05) is 29.9 Å². The van der Waals surface area contributed by atoms with Crippen molar-refractivity contribution in [3.05, 3.63) is 23.2 Å². The van der Waals surface area contributed by atoms with Gasteiger partial charge in [-0.05, 0) is 31.0 Å². The highest BCUT2D eigenvalue weighted by atomic mass is 35.5. The maximum absolute atomic E-state index is 12.1. The molecule has 6 heteroatoms. The minimum absolute atomic E-state index is 0.0217. The lowest BCUT2D eigenvalue weighted by Gasteiger charge is -2.35. The van der Waals surface area contributed by atoms with Crippen molar-refractivity contribution in [1.82, 2.24) is 5.32 Å². The van der Waals surface area contributed by atoms with Gasteiger partial charge in [-0.2, -0.15) is 0 Å². The van der Waals surface area contributed by atoms with Crippen LogP contribution in [0.15, 0.2) is 18.2 Å². The third kappa shape index (κ3) is 3.91. The number of aliphatic hydroxyl groups excluding tert-OH is 1. The number of nitrogens with zero attached hydrogens (tertiary/aromatic N) is 1. The number of anilines is 2. The van der Waals surface area contributed by atoms with Crippen LogP contribution in [-0.2, 0) is 4.79 Å². The van der Waals surface area contributed by atoms with Gasteiger partial charge in [-0.25, -0.2) is 0 Å². The van der Waals surface area contributed by atoms with Crippen molar-refractivity contribution in [3.8, 4) is 0 Å². The first-order valence-electron chi connectivity index (χ1n) is 7.82. The van der Waals surface area contributed by atoms with Crippen molar-refractivity contribution in [1.29, 1.82) is 0 Å². The molecule has 1 aromatic carbocycles. The first kappa shape index (κ1) is 17.1. The molecule has 1 saturated heterocycles. The van der Waals surface area contributed by atoms with Crippen LogP contribution in [-0.4, -0.2) is 36.9 Å². The summed E-state index contributed by atoms with van der Waals surface area (Å²) in [5.41, 5.74) is 1.48. The molecule has 1 aliphatic heterocycles. The Morgan fingerprint density at radius 1 is 1.50 bits per heavy atom. The topological polar surface area (TPSA) is 64.6 Å². The van der Waals surface area contributed by atoms with E-state index in [4.69, 9.17) is 11.6 Å². The minimum atomic E-state index is -0.587. The number of benzene rings is 1. The number of nitrogens with one attached hydrogen (secondary N) is 2. The summed E-state index contributed by atoms with van der Waals surface area (Å²) >= 11 is 6.33. The molecule has 0 spiro atoms. The molecule has 0 aliphatic carbocycles. The molecule has 1 aromatic rings. The smallest absolute Gasteiger partial charge is 0.227 e. The van der Waals surface area contributed by atoms with Crippen LogP contribution in [0.2, 0.25) is 5.02 Å². The largest absolute Gasteiger partial charge is 0.372 e. The molecular weight excluding hydrogens is 302 g/mol. The van der Waals surface area contributed by atoms with E-state index < -0.39 is 6.23 Å². The third-order valence-electron chi connectivity index (χ3n) is 4.10. The molecule has 0 radical (unpaired) electrons. The Morgan fingerprint density at radius 2 is 2.23 bits per heavy atom. The first-order chi connectivity index (χ1) is 10.6. The quantitative estimate of drug-likeness (QED) is 0.778. The van der Waals surface area contributed by atoms with Crippen molar-refractivity contribution in [2.24, 2.45) is 5.92 Å². The minimum Gasteiger partial charge on any atom is -0.372 e. The maximum Gasteiger partial charge on any atom is 0.227 e. The van der Waals surface area contributed by atoms with Gasteiger partial charge in [0.2, 0.25) is 5.91 Å². The summed E-state index contributed by atoms with van der Waals surface area (Å²) < 4.78 is 0. The van der Waals surface area contributed by atoms with E-state index in [1.165, 1.54) is 0 Å². The van der Waals surface area contributed by atoms with Gasteiger partial charge in [0.05, 0.1) is 10.7 Å². The Hall–Kier alpha value is -1.30. The van der Waals surface area contributed by atoms with Crippen molar-refractivity contribution >= 4 is 28.9 Å². The monoisotopic (exact) mass is 325 g/mol. The number of hydrogen-bond donors (Lipinski definition) is 3. The highest BCUT2D eigenvalue weighted by molar-refractivity contribution is 6.33. The van der Waals surface area contributed by atoms with Crippen LogP contribution >= 0.6 is 11.6 Å². The molecule has 1 fully saturated rings. The second kappa shape index (κ2) is 7.81. The lowest BCUT2D eigenvalue weighted by Crippen LogP contribution is -2.51. The Kier molecular flexibility index (Phi) is 6.06. The van der Waals surface area contributed by atoms with Crippen LogP contribution in [0.4, 0.5) is 11.4 Å². The SMILES string of the molecule is CCC(CC)C(=O)Nc1ccc(N2CCNCC2O)c(Cl)c1. The highest BCUT2D eigenvalue weighted by Crippen LogP contribution is 2.30. The number of β-amino-alcohol motifs (C(OH)–C–C–N with tert-alkyl or cyclic N) is 1. The lowest BCUT2D eigenvalue weighted by molar-refractivity contribution is -0.120. The maximum atomic E-state index is 12.1. The Morgan fingerprint density at radius 3 is 2.82 bits per heavy atom. The Bertz CT molecular complexity index is 520. The number of hydrogen-bond acceptors (Lipinski definition) is 4. The van der Waals surface area contributed by atoms with Crippen molar-refractivity contribution in [3.63, 3.8) is 0 Å². The predicted octanol–water partition coefficient (Wildman–Crippen LogP) is 2.44. The van der Waals surface area contributed by atoms with E-state index in [1.807, 2.05) is 30.9 Å². The van der Waals surface area contributed by atoms with Gasteiger partial charge in [-0.15, -0.1) is 0 Å². The van der Waals surface area contributed by atoms with Crippen LogP contribution in [0.5, 0.6) is 0 Å². The van der Waals surface area contributed by atoms with Gasteiger partial charge in [0, 0.05) is 31.2 Å². The molecule has 1 atom stereocenters. The lowest BCUT2D eigenvalue weighted by atomic mass is 10.0. The van der Waals surface area contributed by atoms with Gasteiger partial charge in [0.1, 0.15) is 6.23 Å². The third-order valence-corrected chi connectivity index (χ3v) is 4.40. The second-order valence-electron chi connectivity index (χ2n) is 5.55. The molecule has 2 rings (SSSR count). The molecule has 5 nitrogen and oxygen atoms in total. The second-order valence-corrected chi connectivity index (χ2v) is 5.95. The highest BCUT2D eigenvalue weighted by Gasteiger charge is 2.22. The Labute approximate surface area is 136 Å². The fourth-order valence-corrected chi connectivity index (χ4v) is 2.98. The summed E-state index contributed by atoms with van der Waals surface area (Å²) in [7, 11) is 0. The van der Waals surface area contributed by atoms with E-state index in [0.29, 0.717) is 23.8 Å². The van der Waals surface area contributed by atoms with Crippen LogP contribution in [0.3, 0.4) is 0 Å². The summed E-state index contributed by atoms with van der Waals surface area (Å²) in [5.74, 6) is 0.0458. The number of aliphatic hydroxyl groups is 1. The van der Waals surface area contributed by atoms with Gasteiger partial charge in [-0.1, -0.05) is 25.4 Å². The van der Waals surface area contributed by atoms with Crippen molar-refractivity contribution < 1.29 is 9.90 Å². The molecular formula is C16H24ClN3O2. The molecule has 0 aromatic heterocycles. The summed E-state index contributed by atoms with van der Waals surface area (Å²) in [5, 5.41) is 16.6. The number of piperazine rings is 1. The zero-order chi connectivity index (χ0) is 16.1. The summed E-state index contributed by atoms with van der Waals surface area (Å²) in [6.07, 6.45) is 1.05. The number of rotatable bonds is 5. The molecule has 122 valence electrons. The summed E-state index contributed by atoms with van der Waals surface area (Å²) in [6.45, 7) is 6.04. The standard InChI is InChI=1S/C16H24ClN3O2/c1-3-11(4-2)16(22)19-12-5-6-14(13(17)9-12)20-8-7-18-10-15(20)21/h5-6,9,11,15,18,21H,3-4,7-8,10H2,1-2H3,(H,19,22). The van der Waals surface area contributed by atoms with E-state index >= 15 is 0 Å². The molecule has 1 heterocycles. The first-order valence-corrected chi connectivity index (χ1v) is 8.20. The van der Waals surface area contributed by atoms with Crippen molar-refractivity contribution in [2.45, 2.75) is 32.9 Å². The number of halogens is 1. The molecule has 0 bridgehead atoms. The van der Waals surface area contributed by atoms with E-state index in [0.717, 1.165) is 25.1 Å². The summed E-state index contributed by atoms with van der Waals surface area (Å²) in [6, 6.07) is 5.42. The Balaban J connectivity index is 2.10. The van der Waals surface area contributed by atoms with Gasteiger partial charge in [0.15, 0.2) is 0 Å². The average molecular weight is 326 g/mol. The van der Waals surface area contributed by atoms with E-state index in [1.54, 1.807) is 6.07 Å².